The fourth-order valence-corrected chi connectivity index (χ4v) is 4.25. The number of carbonyl (C=O) groups excluding carboxylic acids is 3. The van der Waals surface area contributed by atoms with Gasteiger partial charge < -0.3 is 5.32 Å². The number of benzene rings is 2. The Morgan fingerprint density at radius 3 is 2.07 bits per heavy atom. The summed E-state index contributed by atoms with van der Waals surface area (Å²) in [6.07, 6.45) is 0.873. The number of nitrogens with one attached hydrogen (secondary N) is 1. The standard InChI is InChI=1S/C21H21BrN2O5S/c1-13(14-7-9-15(22)10-8-14)23-19(25)18(11-12-30(2,28)29)24-20(26)16-5-3-4-6-17(16)21(24)27/h3-10,13,18H,11-12H2,1-2H3,(H,23,25)/t13-,18+/m0/s1. The number of halogens is 1. The molecule has 9 heteroatoms. The molecule has 0 unspecified atom stereocenters. The molecule has 158 valence electrons. The molecule has 7 nitrogen and oxygen atoms in total. The van der Waals surface area contributed by atoms with Crippen LogP contribution in [-0.4, -0.2) is 49.1 Å². The number of carbonyl (C=O) groups is 3. The van der Waals surface area contributed by atoms with Crippen LogP contribution in [0.4, 0.5) is 0 Å². The summed E-state index contributed by atoms with van der Waals surface area (Å²) in [4.78, 5) is 39.6. The van der Waals surface area contributed by atoms with Crippen LogP contribution < -0.4 is 5.32 Å². The molecule has 2 atom stereocenters. The molecule has 0 spiro atoms. The molecule has 0 fully saturated rings. The van der Waals surface area contributed by atoms with Gasteiger partial charge >= 0.3 is 0 Å². The van der Waals surface area contributed by atoms with E-state index < -0.39 is 39.6 Å². The van der Waals surface area contributed by atoms with Crippen molar-refractivity contribution < 1.29 is 22.8 Å². The van der Waals surface area contributed by atoms with Crippen molar-refractivity contribution in [3.05, 3.63) is 69.7 Å². The van der Waals surface area contributed by atoms with Crippen LogP contribution in [0.1, 0.15) is 45.7 Å². The van der Waals surface area contributed by atoms with Crippen molar-refractivity contribution in [2.75, 3.05) is 12.0 Å². The lowest BCUT2D eigenvalue weighted by molar-refractivity contribution is -0.125. The summed E-state index contributed by atoms with van der Waals surface area (Å²) in [6, 6.07) is 12.0. The summed E-state index contributed by atoms with van der Waals surface area (Å²) in [7, 11) is -3.40. The number of amides is 3. The van der Waals surface area contributed by atoms with Gasteiger partial charge in [0.05, 0.1) is 22.9 Å². The van der Waals surface area contributed by atoms with Crippen LogP contribution in [0.25, 0.3) is 0 Å². The Bertz CT molecular complexity index is 1060. The number of rotatable bonds is 7. The fraction of sp³-hybridized carbons (Fsp3) is 0.286. The van der Waals surface area contributed by atoms with E-state index in [1.807, 2.05) is 24.3 Å². The van der Waals surface area contributed by atoms with Gasteiger partial charge in [-0.3, -0.25) is 19.3 Å². The monoisotopic (exact) mass is 492 g/mol. The first-order valence-corrected chi connectivity index (χ1v) is 12.1. The van der Waals surface area contributed by atoms with E-state index in [9.17, 15) is 22.8 Å². The quantitative estimate of drug-likeness (QED) is 0.598. The zero-order chi connectivity index (χ0) is 22.1. The highest BCUT2D eigenvalue weighted by molar-refractivity contribution is 9.10. The van der Waals surface area contributed by atoms with Crippen molar-refractivity contribution in [1.82, 2.24) is 10.2 Å². The molecule has 1 heterocycles. The smallest absolute Gasteiger partial charge is 0.262 e. The number of hydrogen-bond donors (Lipinski definition) is 1. The minimum Gasteiger partial charge on any atom is -0.348 e. The molecule has 0 saturated heterocycles. The summed E-state index contributed by atoms with van der Waals surface area (Å²) >= 11 is 3.35. The Labute approximate surface area is 183 Å². The van der Waals surface area contributed by atoms with E-state index >= 15 is 0 Å². The normalized spacial score (nSPS) is 15.6. The number of sulfone groups is 1. The summed E-state index contributed by atoms with van der Waals surface area (Å²) in [5.41, 5.74) is 1.25. The van der Waals surface area contributed by atoms with E-state index in [1.165, 1.54) is 12.1 Å². The Hall–Kier alpha value is -2.52. The van der Waals surface area contributed by atoms with Gasteiger partial charge in [-0.1, -0.05) is 40.2 Å². The minimum absolute atomic E-state index is 0.177. The maximum absolute atomic E-state index is 13.1. The summed E-state index contributed by atoms with van der Waals surface area (Å²) < 4.78 is 24.3. The van der Waals surface area contributed by atoms with Crippen LogP contribution in [0, 0.1) is 0 Å². The van der Waals surface area contributed by atoms with Crippen LogP contribution in [0.5, 0.6) is 0 Å². The highest BCUT2D eigenvalue weighted by Gasteiger charge is 2.43. The van der Waals surface area contributed by atoms with Crippen LogP contribution in [0.15, 0.2) is 53.0 Å². The zero-order valence-electron chi connectivity index (χ0n) is 16.5. The first-order chi connectivity index (χ1) is 14.1. The molecule has 3 amide bonds. The van der Waals surface area contributed by atoms with Crippen molar-refractivity contribution in [3.8, 4) is 0 Å². The van der Waals surface area contributed by atoms with Crippen molar-refractivity contribution >= 4 is 43.5 Å². The van der Waals surface area contributed by atoms with Gasteiger partial charge in [-0.25, -0.2) is 8.42 Å². The zero-order valence-corrected chi connectivity index (χ0v) is 18.9. The van der Waals surface area contributed by atoms with Crippen LogP contribution in [-0.2, 0) is 14.6 Å². The predicted molar refractivity (Wildman–Crippen MR) is 116 cm³/mol. The molecular formula is C21H21BrN2O5S. The molecule has 3 rings (SSSR count). The van der Waals surface area contributed by atoms with Gasteiger partial charge in [0.1, 0.15) is 15.9 Å². The van der Waals surface area contributed by atoms with E-state index in [-0.39, 0.29) is 23.3 Å². The van der Waals surface area contributed by atoms with Gasteiger partial charge in [-0.2, -0.15) is 0 Å². The molecule has 1 N–H and O–H groups in total. The molecule has 30 heavy (non-hydrogen) atoms. The average Bonchev–Trinajstić information content (AvgIpc) is 2.93. The lowest BCUT2D eigenvalue weighted by Gasteiger charge is -2.27. The predicted octanol–water partition coefficient (Wildman–Crippen LogP) is 2.73. The van der Waals surface area contributed by atoms with Crippen molar-refractivity contribution in [2.24, 2.45) is 0 Å². The lowest BCUT2D eigenvalue weighted by atomic mass is 10.1. The van der Waals surface area contributed by atoms with Crippen molar-refractivity contribution in [2.45, 2.75) is 25.4 Å². The number of imide groups is 1. The Balaban J connectivity index is 1.87. The second kappa shape index (κ2) is 8.69. The van der Waals surface area contributed by atoms with Crippen LogP contribution in [0.3, 0.4) is 0 Å². The maximum Gasteiger partial charge on any atom is 0.262 e. The largest absolute Gasteiger partial charge is 0.348 e. The molecule has 2 aromatic rings. The summed E-state index contributed by atoms with van der Waals surface area (Å²) in [5.74, 6) is -2.10. The number of nitrogens with zero attached hydrogens (tertiary/aromatic N) is 1. The Morgan fingerprint density at radius 1 is 1.03 bits per heavy atom. The SMILES string of the molecule is C[C@H](NC(=O)[C@@H](CCS(C)(=O)=O)N1C(=O)c2ccccc2C1=O)c1ccc(Br)cc1. The number of fused-ring (bicyclic) bond motifs is 1. The summed E-state index contributed by atoms with van der Waals surface area (Å²) in [5, 5.41) is 2.80. The third kappa shape index (κ3) is 4.79. The highest BCUT2D eigenvalue weighted by atomic mass is 79.9. The van der Waals surface area contributed by atoms with Gasteiger partial charge in [0, 0.05) is 10.7 Å². The van der Waals surface area contributed by atoms with E-state index in [2.05, 4.69) is 21.2 Å². The van der Waals surface area contributed by atoms with E-state index in [0.717, 1.165) is 21.2 Å². The van der Waals surface area contributed by atoms with Crippen molar-refractivity contribution in [3.63, 3.8) is 0 Å². The summed E-state index contributed by atoms with van der Waals surface area (Å²) in [6.45, 7) is 1.77. The molecule has 2 aromatic carbocycles. The second-order valence-electron chi connectivity index (χ2n) is 7.24. The van der Waals surface area contributed by atoms with Crippen molar-refractivity contribution in [1.29, 1.82) is 0 Å². The Kier molecular flexibility index (Phi) is 6.42. The van der Waals surface area contributed by atoms with E-state index in [4.69, 9.17) is 0 Å². The molecule has 1 aliphatic rings. The third-order valence-corrected chi connectivity index (χ3v) is 6.44. The van der Waals surface area contributed by atoms with Gasteiger partial charge in [-0.15, -0.1) is 0 Å². The first-order valence-electron chi connectivity index (χ1n) is 9.29. The number of hydrogen-bond acceptors (Lipinski definition) is 5. The van der Waals surface area contributed by atoms with E-state index in [1.54, 1.807) is 19.1 Å². The molecule has 0 bridgehead atoms. The molecule has 0 aromatic heterocycles. The van der Waals surface area contributed by atoms with Gasteiger partial charge in [0.25, 0.3) is 11.8 Å². The molecule has 0 radical (unpaired) electrons. The van der Waals surface area contributed by atoms with Gasteiger partial charge in [0.2, 0.25) is 5.91 Å². The molecule has 0 saturated carbocycles. The van der Waals surface area contributed by atoms with Gasteiger partial charge in [-0.05, 0) is 43.2 Å². The second-order valence-corrected chi connectivity index (χ2v) is 10.4. The molecule has 1 aliphatic heterocycles. The maximum atomic E-state index is 13.1. The highest BCUT2D eigenvalue weighted by Crippen LogP contribution is 2.26. The average molecular weight is 493 g/mol. The molecule has 0 aliphatic carbocycles. The first kappa shape index (κ1) is 22.2. The minimum atomic E-state index is -3.40. The topological polar surface area (TPSA) is 101 Å². The molecular weight excluding hydrogens is 472 g/mol. The fourth-order valence-electron chi connectivity index (χ4n) is 3.34. The third-order valence-electron chi connectivity index (χ3n) is 4.93. The van der Waals surface area contributed by atoms with Crippen LogP contribution in [0.2, 0.25) is 0 Å². The van der Waals surface area contributed by atoms with E-state index in [0.29, 0.717) is 0 Å². The lowest BCUT2D eigenvalue weighted by Crippen LogP contribution is -2.50. The van der Waals surface area contributed by atoms with Crippen LogP contribution >= 0.6 is 15.9 Å². The van der Waals surface area contributed by atoms with Gasteiger partial charge in [0.15, 0.2) is 0 Å². The Morgan fingerprint density at radius 2 is 1.57 bits per heavy atom.